The van der Waals surface area contributed by atoms with Gasteiger partial charge >= 0.3 is 0 Å². The van der Waals surface area contributed by atoms with E-state index in [-0.39, 0.29) is 11.9 Å². The van der Waals surface area contributed by atoms with Crippen LogP contribution in [-0.4, -0.2) is 13.6 Å². The molecule has 0 fully saturated rings. The van der Waals surface area contributed by atoms with Crippen molar-refractivity contribution in [2.45, 2.75) is 6.04 Å². The third-order valence-electron chi connectivity index (χ3n) is 3.22. The number of nitrogens with two attached hydrogens (primary N) is 1. The molecule has 2 rings (SSSR count). The van der Waals surface area contributed by atoms with Crippen LogP contribution in [0, 0.1) is 5.82 Å². The summed E-state index contributed by atoms with van der Waals surface area (Å²) in [5.74, 6) is -0.290. The molecule has 0 bridgehead atoms. The summed E-state index contributed by atoms with van der Waals surface area (Å²) in [6.07, 6.45) is 0. The molecule has 5 heteroatoms. The Balaban J connectivity index is 2.39. The summed E-state index contributed by atoms with van der Waals surface area (Å²) in [7, 11) is 1.85. The molecule has 1 atom stereocenters. The van der Waals surface area contributed by atoms with E-state index in [4.69, 9.17) is 28.9 Å². The zero-order chi connectivity index (χ0) is 14.7. The molecule has 0 radical (unpaired) electrons. The number of nitrogens with zero attached hydrogens (tertiary/aromatic N) is 1. The second-order valence-corrected chi connectivity index (χ2v) is 5.35. The molecule has 0 aliphatic heterocycles. The van der Waals surface area contributed by atoms with Crippen LogP contribution in [0.2, 0.25) is 10.0 Å². The van der Waals surface area contributed by atoms with Gasteiger partial charge in [-0.3, -0.25) is 0 Å². The van der Waals surface area contributed by atoms with Gasteiger partial charge in [-0.05, 0) is 42.0 Å². The highest BCUT2D eigenvalue weighted by molar-refractivity contribution is 6.33. The van der Waals surface area contributed by atoms with Crippen LogP contribution in [0.25, 0.3) is 0 Å². The maximum Gasteiger partial charge on any atom is 0.125 e. The van der Waals surface area contributed by atoms with Crippen LogP contribution >= 0.6 is 23.2 Å². The predicted octanol–water partition coefficient (Wildman–Crippen LogP) is 4.27. The second kappa shape index (κ2) is 6.44. The summed E-state index contributed by atoms with van der Waals surface area (Å²) >= 11 is 12.2. The van der Waals surface area contributed by atoms with E-state index in [0.29, 0.717) is 16.6 Å². The topological polar surface area (TPSA) is 29.3 Å². The van der Waals surface area contributed by atoms with Crippen LogP contribution in [0.15, 0.2) is 42.5 Å². The van der Waals surface area contributed by atoms with Gasteiger partial charge in [0.15, 0.2) is 0 Å². The first-order chi connectivity index (χ1) is 9.52. The lowest BCUT2D eigenvalue weighted by atomic mass is 10.0. The summed E-state index contributed by atoms with van der Waals surface area (Å²) in [5, 5.41) is 1.18. The standard InChI is InChI=1S/C15H15Cl2FN2/c1-20(12-4-2-3-11(18)8-12)15(9-19)13-7-10(16)5-6-14(13)17/h2-8,15H,9,19H2,1H3. The average molecular weight is 313 g/mol. The molecule has 0 heterocycles. The van der Waals surface area contributed by atoms with Crippen molar-refractivity contribution >= 4 is 28.9 Å². The second-order valence-electron chi connectivity index (χ2n) is 4.51. The number of halogens is 3. The van der Waals surface area contributed by atoms with E-state index in [9.17, 15) is 4.39 Å². The Kier molecular flexibility index (Phi) is 4.86. The lowest BCUT2D eigenvalue weighted by Crippen LogP contribution is -2.30. The average Bonchev–Trinajstić information content (AvgIpc) is 2.43. The Bertz CT molecular complexity index is 604. The molecule has 2 N–H and O–H groups in total. The Morgan fingerprint density at radius 1 is 1.20 bits per heavy atom. The fourth-order valence-electron chi connectivity index (χ4n) is 2.14. The van der Waals surface area contributed by atoms with E-state index in [1.165, 1.54) is 12.1 Å². The van der Waals surface area contributed by atoms with Crippen LogP contribution in [0.5, 0.6) is 0 Å². The number of hydrogen-bond acceptors (Lipinski definition) is 2. The highest BCUT2D eigenvalue weighted by Crippen LogP contribution is 2.31. The number of rotatable bonds is 4. The highest BCUT2D eigenvalue weighted by Gasteiger charge is 2.19. The Hall–Kier alpha value is -1.29. The summed E-state index contributed by atoms with van der Waals surface area (Å²) in [5.41, 5.74) is 7.42. The molecule has 20 heavy (non-hydrogen) atoms. The van der Waals surface area contributed by atoms with Crippen molar-refractivity contribution in [1.82, 2.24) is 0 Å². The minimum absolute atomic E-state index is 0.178. The van der Waals surface area contributed by atoms with Gasteiger partial charge in [0.1, 0.15) is 5.82 Å². The van der Waals surface area contributed by atoms with Crippen molar-refractivity contribution in [3.05, 3.63) is 63.9 Å². The fourth-order valence-corrected chi connectivity index (χ4v) is 2.56. The molecule has 106 valence electrons. The van der Waals surface area contributed by atoms with Gasteiger partial charge in [0, 0.05) is 29.3 Å². The molecule has 0 aliphatic carbocycles. The summed E-state index contributed by atoms with van der Waals surface area (Å²) < 4.78 is 13.3. The van der Waals surface area contributed by atoms with Gasteiger partial charge in [-0.15, -0.1) is 0 Å². The van der Waals surface area contributed by atoms with Gasteiger partial charge in [-0.1, -0.05) is 29.3 Å². The molecule has 0 saturated carbocycles. The van der Waals surface area contributed by atoms with Crippen molar-refractivity contribution in [3.8, 4) is 0 Å². The molecule has 1 unspecified atom stereocenters. The molecule has 0 aliphatic rings. The van der Waals surface area contributed by atoms with Crippen molar-refractivity contribution < 1.29 is 4.39 Å². The zero-order valence-electron chi connectivity index (χ0n) is 11.0. The number of hydrogen-bond donors (Lipinski definition) is 1. The smallest absolute Gasteiger partial charge is 0.125 e. The van der Waals surface area contributed by atoms with Crippen molar-refractivity contribution in [3.63, 3.8) is 0 Å². The van der Waals surface area contributed by atoms with Gasteiger partial charge < -0.3 is 10.6 Å². The maximum absolute atomic E-state index is 13.3. The highest BCUT2D eigenvalue weighted by atomic mass is 35.5. The fraction of sp³-hybridized carbons (Fsp3) is 0.200. The lowest BCUT2D eigenvalue weighted by molar-refractivity contribution is 0.623. The van der Waals surface area contributed by atoms with Gasteiger partial charge in [0.25, 0.3) is 0 Å². The van der Waals surface area contributed by atoms with Gasteiger partial charge in [-0.25, -0.2) is 4.39 Å². The van der Waals surface area contributed by atoms with Crippen LogP contribution in [0.1, 0.15) is 11.6 Å². The Labute approximate surface area is 127 Å². The molecule has 2 nitrogen and oxygen atoms in total. The molecular formula is C15H15Cl2FN2. The van der Waals surface area contributed by atoms with E-state index in [2.05, 4.69) is 0 Å². The molecule has 2 aromatic rings. The monoisotopic (exact) mass is 312 g/mol. The first kappa shape index (κ1) is 15.1. The number of anilines is 1. The Morgan fingerprint density at radius 2 is 1.95 bits per heavy atom. The first-order valence-electron chi connectivity index (χ1n) is 6.16. The van der Waals surface area contributed by atoms with Crippen LogP contribution < -0.4 is 10.6 Å². The van der Waals surface area contributed by atoms with Gasteiger partial charge in [-0.2, -0.15) is 0 Å². The van der Waals surface area contributed by atoms with E-state index in [1.807, 2.05) is 18.0 Å². The van der Waals surface area contributed by atoms with Crippen molar-refractivity contribution in [2.24, 2.45) is 5.73 Å². The number of likely N-dealkylation sites (N-methyl/N-ethyl adjacent to an activating group) is 1. The molecular weight excluding hydrogens is 298 g/mol. The minimum atomic E-state index is -0.290. The molecule has 0 saturated heterocycles. The maximum atomic E-state index is 13.3. The third-order valence-corrected chi connectivity index (χ3v) is 3.80. The van der Waals surface area contributed by atoms with Gasteiger partial charge in [0.05, 0.1) is 6.04 Å². The van der Waals surface area contributed by atoms with Crippen molar-refractivity contribution in [2.75, 3.05) is 18.5 Å². The molecule has 0 amide bonds. The number of benzene rings is 2. The zero-order valence-corrected chi connectivity index (χ0v) is 12.5. The first-order valence-corrected chi connectivity index (χ1v) is 6.92. The lowest BCUT2D eigenvalue weighted by Gasteiger charge is -2.30. The quantitative estimate of drug-likeness (QED) is 0.913. The van der Waals surface area contributed by atoms with Gasteiger partial charge in [0.2, 0.25) is 0 Å². The van der Waals surface area contributed by atoms with E-state index in [1.54, 1.807) is 24.3 Å². The predicted molar refractivity (Wildman–Crippen MR) is 83.1 cm³/mol. The van der Waals surface area contributed by atoms with Crippen LogP contribution in [-0.2, 0) is 0 Å². The summed E-state index contributed by atoms with van der Waals surface area (Å²) in [6, 6.07) is 11.4. The SMILES string of the molecule is CN(c1cccc(F)c1)C(CN)c1cc(Cl)ccc1Cl. The Morgan fingerprint density at radius 3 is 2.60 bits per heavy atom. The molecule has 0 spiro atoms. The van der Waals surface area contributed by atoms with E-state index >= 15 is 0 Å². The van der Waals surface area contributed by atoms with E-state index < -0.39 is 0 Å². The largest absolute Gasteiger partial charge is 0.366 e. The van der Waals surface area contributed by atoms with Crippen LogP contribution in [0.3, 0.4) is 0 Å². The normalized spacial score (nSPS) is 12.2. The third kappa shape index (κ3) is 3.23. The van der Waals surface area contributed by atoms with Crippen LogP contribution in [0.4, 0.5) is 10.1 Å². The van der Waals surface area contributed by atoms with E-state index in [0.717, 1.165) is 11.3 Å². The minimum Gasteiger partial charge on any atom is -0.366 e. The summed E-state index contributed by atoms with van der Waals surface area (Å²) in [6.45, 7) is 0.340. The molecule has 0 aromatic heterocycles. The summed E-state index contributed by atoms with van der Waals surface area (Å²) in [4.78, 5) is 1.89. The molecule has 2 aromatic carbocycles. The van der Waals surface area contributed by atoms with Crippen molar-refractivity contribution in [1.29, 1.82) is 0 Å².